The second-order valence-corrected chi connectivity index (χ2v) is 4.85. The Labute approximate surface area is 96.4 Å². The topological polar surface area (TPSA) is 110 Å². The van der Waals surface area contributed by atoms with E-state index in [9.17, 15) is 0 Å². The van der Waals surface area contributed by atoms with Crippen LogP contribution < -0.4 is 11.1 Å². The average Bonchev–Trinajstić information content (AvgIpc) is 3.01. The first-order valence-electron chi connectivity index (χ1n) is 4.97. The molecule has 1 heterocycles. The molecule has 2 rings (SSSR count). The maximum Gasteiger partial charge on any atom is 0.202 e. The third-order valence-corrected chi connectivity index (χ3v) is 3.49. The normalized spacial score (nSPS) is 16.4. The van der Waals surface area contributed by atoms with Crippen LogP contribution in [-0.4, -0.2) is 38.9 Å². The maximum atomic E-state index is 8.51. The molecule has 0 amide bonds. The standard InChI is InChI=1S/C8H13N5O2S/c9-7(11-14)6-8(13-15-12-6)10-3-4-16-5-1-2-5/h5,14H,1-4H2,(H2,9,11)(H,10,13). The fourth-order valence-corrected chi connectivity index (χ4v) is 2.17. The van der Waals surface area contributed by atoms with Gasteiger partial charge in [0.25, 0.3) is 0 Å². The number of rotatable bonds is 6. The first-order chi connectivity index (χ1) is 7.81. The van der Waals surface area contributed by atoms with Crippen LogP contribution in [0.3, 0.4) is 0 Å². The highest BCUT2D eigenvalue weighted by molar-refractivity contribution is 8.00. The zero-order valence-electron chi connectivity index (χ0n) is 8.59. The molecule has 0 saturated heterocycles. The largest absolute Gasteiger partial charge is 0.409 e. The Morgan fingerprint density at radius 3 is 3.12 bits per heavy atom. The van der Waals surface area contributed by atoms with Crippen molar-refractivity contribution in [1.82, 2.24) is 10.3 Å². The number of nitrogens with one attached hydrogen (secondary N) is 1. The lowest BCUT2D eigenvalue weighted by Crippen LogP contribution is -2.17. The number of hydrogen-bond donors (Lipinski definition) is 3. The number of oxime groups is 1. The molecular weight excluding hydrogens is 230 g/mol. The summed E-state index contributed by atoms with van der Waals surface area (Å²) in [6.45, 7) is 0.751. The summed E-state index contributed by atoms with van der Waals surface area (Å²) < 4.78 is 4.52. The third kappa shape index (κ3) is 2.78. The molecule has 1 aliphatic rings. The molecule has 0 spiro atoms. The zero-order chi connectivity index (χ0) is 11.4. The van der Waals surface area contributed by atoms with Gasteiger partial charge < -0.3 is 16.3 Å². The number of amidine groups is 1. The van der Waals surface area contributed by atoms with Gasteiger partial charge in [0.2, 0.25) is 5.82 Å². The highest BCUT2D eigenvalue weighted by atomic mass is 32.2. The van der Waals surface area contributed by atoms with Gasteiger partial charge in [0.15, 0.2) is 11.5 Å². The molecule has 8 heteroatoms. The van der Waals surface area contributed by atoms with Crippen molar-refractivity contribution in [2.45, 2.75) is 18.1 Å². The molecule has 1 aliphatic carbocycles. The van der Waals surface area contributed by atoms with E-state index in [1.165, 1.54) is 12.8 Å². The van der Waals surface area contributed by atoms with E-state index in [2.05, 4.69) is 25.4 Å². The van der Waals surface area contributed by atoms with Gasteiger partial charge in [0.1, 0.15) is 0 Å². The summed E-state index contributed by atoms with van der Waals surface area (Å²) in [4.78, 5) is 0. The van der Waals surface area contributed by atoms with E-state index in [0.717, 1.165) is 17.5 Å². The highest BCUT2D eigenvalue weighted by Gasteiger charge is 2.21. The van der Waals surface area contributed by atoms with Crippen LogP contribution in [0.2, 0.25) is 0 Å². The van der Waals surface area contributed by atoms with Crippen molar-refractivity contribution in [1.29, 1.82) is 0 Å². The van der Waals surface area contributed by atoms with Crippen molar-refractivity contribution >= 4 is 23.4 Å². The van der Waals surface area contributed by atoms with E-state index < -0.39 is 0 Å². The predicted octanol–water partition coefficient (Wildman–Crippen LogP) is 0.472. The maximum absolute atomic E-state index is 8.51. The molecule has 0 radical (unpaired) electrons. The van der Waals surface area contributed by atoms with E-state index in [0.29, 0.717) is 5.82 Å². The first-order valence-corrected chi connectivity index (χ1v) is 6.02. The Balaban J connectivity index is 1.81. The molecule has 1 fully saturated rings. The highest BCUT2D eigenvalue weighted by Crippen LogP contribution is 2.33. The van der Waals surface area contributed by atoms with Crippen LogP contribution in [0, 0.1) is 0 Å². The van der Waals surface area contributed by atoms with Crippen molar-refractivity contribution < 1.29 is 9.84 Å². The Morgan fingerprint density at radius 2 is 2.44 bits per heavy atom. The number of thioether (sulfide) groups is 1. The van der Waals surface area contributed by atoms with Gasteiger partial charge in [-0.15, -0.1) is 0 Å². The van der Waals surface area contributed by atoms with Gasteiger partial charge in [-0.1, -0.05) is 5.16 Å². The Morgan fingerprint density at radius 1 is 1.62 bits per heavy atom. The second kappa shape index (κ2) is 5.06. The van der Waals surface area contributed by atoms with Crippen LogP contribution in [0.15, 0.2) is 9.78 Å². The van der Waals surface area contributed by atoms with Gasteiger partial charge in [-0.2, -0.15) is 11.8 Å². The molecule has 0 unspecified atom stereocenters. The lowest BCUT2D eigenvalue weighted by atomic mass is 10.4. The third-order valence-electron chi connectivity index (χ3n) is 2.11. The lowest BCUT2D eigenvalue weighted by Gasteiger charge is -2.02. The summed E-state index contributed by atoms with van der Waals surface area (Å²) in [5, 5.41) is 22.4. The Hall–Kier alpha value is -1.44. The Bertz CT molecular complexity index is 376. The monoisotopic (exact) mass is 243 g/mol. The van der Waals surface area contributed by atoms with Crippen LogP contribution in [0.4, 0.5) is 5.82 Å². The van der Waals surface area contributed by atoms with Gasteiger partial charge in [-0.25, -0.2) is 4.63 Å². The molecule has 0 aromatic carbocycles. The van der Waals surface area contributed by atoms with E-state index in [-0.39, 0.29) is 11.5 Å². The summed E-state index contributed by atoms with van der Waals surface area (Å²) in [7, 11) is 0. The van der Waals surface area contributed by atoms with Crippen LogP contribution in [0.25, 0.3) is 0 Å². The van der Waals surface area contributed by atoms with E-state index in [4.69, 9.17) is 10.9 Å². The molecule has 16 heavy (non-hydrogen) atoms. The summed E-state index contributed by atoms with van der Waals surface area (Å²) >= 11 is 1.93. The summed E-state index contributed by atoms with van der Waals surface area (Å²) in [5.41, 5.74) is 5.63. The summed E-state index contributed by atoms with van der Waals surface area (Å²) in [6.07, 6.45) is 2.65. The van der Waals surface area contributed by atoms with Gasteiger partial charge in [-0.3, -0.25) is 0 Å². The van der Waals surface area contributed by atoms with E-state index in [1.807, 2.05) is 11.8 Å². The van der Waals surface area contributed by atoms with Gasteiger partial charge in [-0.05, 0) is 23.2 Å². The smallest absolute Gasteiger partial charge is 0.202 e. The molecular formula is C8H13N5O2S. The van der Waals surface area contributed by atoms with Crippen molar-refractivity contribution in [2.24, 2.45) is 10.9 Å². The van der Waals surface area contributed by atoms with Crippen molar-refractivity contribution in [3.05, 3.63) is 5.69 Å². The SMILES string of the molecule is N/C(=N/O)c1nonc1NCCSC1CC1. The molecule has 1 saturated carbocycles. The molecule has 1 aromatic rings. The average molecular weight is 243 g/mol. The van der Waals surface area contributed by atoms with Crippen molar-refractivity contribution in [3.8, 4) is 0 Å². The van der Waals surface area contributed by atoms with Crippen molar-refractivity contribution in [3.63, 3.8) is 0 Å². The minimum absolute atomic E-state index is 0.112. The molecule has 0 aliphatic heterocycles. The van der Waals surface area contributed by atoms with Crippen LogP contribution >= 0.6 is 11.8 Å². The number of anilines is 1. The van der Waals surface area contributed by atoms with E-state index in [1.54, 1.807) is 0 Å². The number of nitrogens with zero attached hydrogens (tertiary/aromatic N) is 3. The molecule has 0 bridgehead atoms. The zero-order valence-corrected chi connectivity index (χ0v) is 9.40. The van der Waals surface area contributed by atoms with Crippen LogP contribution in [0.1, 0.15) is 18.5 Å². The first kappa shape index (κ1) is 11.1. The van der Waals surface area contributed by atoms with Crippen LogP contribution in [0.5, 0.6) is 0 Å². The number of aromatic nitrogens is 2. The predicted molar refractivity (Wildman–Crippen MR) is 60.8 cm³/mol. The van der Waals surface area contributed by atoms with Crippen molar-refractivity contribution in [2.75, 3.05) is 17.6 Å². The fourth-order valence-electron chi connectivity index (χ4n) is 1.15. The second-order valence-electron chi connectivity index (χ2n) is 3.44. The quantitative estimate of drug-likeness (QED) is 0.219. The molecule has 1 aromatic heterocycles. The minimum Gasteiger partial charge on any atom is -0.409 e. The molecule has 4 N–H and O–H groups in total. The Kier molecular flexibility index (Phi) is 3.50. The summed E-state index contributed by atoms with van der Waals surface area (Å²) in [6, 6.07) is 0. The summed E-state index contributed by atoms with van der Waals surface area (Å²) in [5.74, 6) is 1.29. The minimum atomic E-state index is -0.112. The number of nitrogens with two attached hydrogens (primary N) is 1. The fraction of sp³-hybridized carbons (Fsp3) is 0.625. The number of hydrogen-bond acceptors (Lipinski definition) is 7. The van der Waals surface area contributed by atoms with Gasteiger partial charge in [0, 0.05) is 17.5 Å². The van der Waals surface area contributed by atoms with Crippen LogP contribution in [-0.2, 0) is 0 Å². The molecule has 0 atom stereocenters. The molecule has 7 nitrogen and oxygen atoms in total. The lowest BCUT2D eigenvalue weighted by molar-refractivity contribution is 0.304. The molecule has 88 valence electrons. The van der Waals surface area contributed by atoms with Gasteiger partial charge in [0.05, 0.1) is 0 Å². The van der Waals surface area contributed by atoms with Gasteiger partial charge >= 0.3 is 0 Å². The van der Waals surface area contributed by atoms with E-state index >= 15 is 0 Å².